The van der Waals surface area contributed by atoms with Crippen molar-refractivity contribution >= 4 is 28.2 Å². The Morgan fingerprint density at radius 2 is 1.79 bits per heavy atom. The number of carbonyl (C=O) groups is 2. The number of aliphatic hydroxyl groups is 2. The number of carbonyl (C=O) groups excluding carboxylic acids is 2. The lowest BCUT2D eigenvalue weighted by molar-refractivity contribution is -0.118. The first-order valence-corrected chi connectivity index (χ1v) is 7.28. The zero-order valence-electron chi connectivity index (χ0n) is 13.0. The van der Waals surface area contributed by atoms with Crippen LogP contribution < -0.4 is 0 Å². The molecule has 1 aliphatic carbocycles. The smallest absolute Gasteiger partial charge is 0.248 e. The van der Waals surface area contributed by atoms with Gasteiger partial charge in [-0.25, -0.2) is 0 Å². The summed E-state index contributed by atoms with van der Waals surface area (Å²) in [5.41, 5.74) is 0.733. The van der Waals surface area contributed by atoms with Gasteiger partial charge in [-0.15, -0.1) is 0 Å². The molecule has 0 unspecified atom stereocenters. The summed E-state index contributed by atoms with van der Waals surface area (Å²) >= 11 is 0. The highest BCUT2D eigenvalue weighted by Gasteiger charge is 2.35. The van der Waals surface area contributed by atoms with E-state index >= 15 is 0 Å². The van der Waals surface area contributed by atoms with Gasteiger partial charge in [-0.1, -0.05) is 36.4 Å². The summed E-state index contributed by atoms with van der Waals surface area (Å²) < 4.78 is 1.40. The summed E-state index contributed by atoms with van der Waals surface area (Å²) in [5, 5.41) is 21.3. The lowest BCUT2D eigenvalue weighted by atomic mass is 9.95. The van der Waals surface area contributed by atoms with E-state index in [1.165, 1.54) is 16.7 Å². The van der Waals surface area contributed by atoms with Crippen molar-refractivity contribution in [3.63, 3.8) is 0 Å². The van der Waals surface area contributed by atoms with Crippen molar-refractivity contribution in [2.45, 2.75) is 6.92 Å². The van der Waals surface area contributed by atoms with Crippen LogP contribution in [0.4, 0.5) is 0 Å². The fraction of sp³-hybridized carbons (Fsp3) is 0.0526. The third-order valence-corrected chi connectivity index (χ3v) is 3.90. The van der Waals surface area contributed by atoms with Crippen molar-refractivity contribution in [1.29, 1.82) is 0 Å². The average molecular weight is 321 g/mol. The summed E-state index contributed by atoms with van der Waals surface area (Å²) in [6, 6.07) is 8.97. The fourth-order valence-electron chi connectivity index (χ4n) is 2.61. The van der Waals surface area contributed by atoms with Crippen LogP contribution in [0.2, 0.25) is 0 Å². The van der Waals surface area contributed by atoms with Crippen molar-refractivity contribution in [2.24, 2.45) is 0 Å². The molecule has 0 saturated heterocycles. The maximum Gasteiger partial charge on any atom is 0.248 e. The van der Waals surface area contributed by atoms with Crippen LogP contribution in [-0.2, 0) is 9.59 Å². The number of Topliss-reactive ketones (excluding diaryl/α,β-unsaturated/α-hetero) is 2. The number of para-hydroxylation sites is 1. The molecule has 24 heavy (non-hydrogen) atoms. The van der Waals surface area contributed by atoms with E-state index in [1.54, 1.807) is 31.3 Å². The molecule has 1 aliphatic rings. The molecule has 5 nitrogen and oxygen atoms in total. The summed E-state index contributed by atoms with van der Waals surface area (Å²) in [6.07, 6.45) is 4.38. The number of ketones is 2. The fourth-order valence-corrected chi connectivity index (χ4v) is 2.61. The van der Waals surface area contributed by atoms with E-state index in [2.05, 4.69) is 6.58 Å². The standard InChI is InChI=1S/C19H15NO4/c1-3-11(2)10-13-16(21)18(23)15(19(24)17(13)22)20-9-8-12-6-4-5-7-14(12)20/h3-10,21,24H,1H2,2H3/b11-10+. The Labute approximate surface area is 138 Å². The van der Waals surface area contributed by atoms with E-state index in [1.807, 2.05) is 12.1 Å². The van der Waals surface area contributed by atoms with Crippen LogP contribution in [0.5, 0.6) is 0 Å². The molecular weight excluding hydrogens is 306 g/mol. The molecule has 1 heterocycles. The van der Waals surface area contributed by atoms with Crippen molar-refractivity contribution in [3.8, 4) is 0 Å². The van der Waals surface area contributed by atoms with Crippen LogP contribution in [0.25, 0.3) is 16.6 Å². The highest BCUT2D eigenvalue weighted by Crippen LogP contribution is 2.29. The van der Waals surface area contributed by atoms with Crippen molar-refractivity contribution < 1.29 is 19.8 Å². The Morgan fingerprint density at radius 3 is 2.50 bits per heavy atom. The molecule has 120 valence electrons. The zero-order chi connectivity index (χ0) is 17.4. The first-order chi connectivity index (χ1) is 11.5. The van der Waals surface area contributed by atoms with Gasteiger partial charge in [0.05, 0.1) is 11.1 Å². The second-order valence-corrected chi connectivity index (χ2v) is 5.45. The van der Waals surface area contributed by atoms with E-state index in [9.17, 15) is 19.8 Å². The van der Waals surface area contributed by atoms with Gasteiger partial charge in [0, 0.05) is 6.20 Å². The highest BCUT2D eigenvalue weighted by molar-refractivity contribution is 6.35. The van der Waals surface area contributed by atoms with E-state index in [0.717, 1.165) is 5.39 Å². The van der Waals surface area contributed by atoms with E-state index in [-0.39, 0.29) is 11.3 Å². The van der Waals surface area contributed by atoms with Crippen LogP contribution in [0.15, 0.2) is 77.9 Å². The lowest BCUT2D eigenvalue weighted by Gasteiger charge is -2.18. The number of nitrogens with zero attached hydrogens (tertiary/aromatic N) is 1. The molecule has 1 aromatic heterocycles. The molecule has 2 aromatic rings. The monoisotopic (exact) mass is 321 g/mol. The van der Waals surface area contributed by atoms with Gasteiger partial charge in [0.2, 0.25) is 11.6 Å². The van der Waals surface area contributed by atoms with Crippen molar-refractivity contribution in [3.05, 3.63) is 77.9 Å². The second kappa shape index (κ2) is 5.70. The first kappa shape index (κ1) is 15.6. The molecule has 0 radical (unpaired) electrons. The van der Waals surface area contributed by atoms with Gasteiger partial charge in [-0.3, -0.25) is 9.59 Å². The molecule has 0 amide bonds. The van der Waals surface area contributed by atoms with E-state index in [4.69, 9.17) is 0 Å². The summed E-state index contributed by atoms with van der Waals surface area (Å²) in [4.78, 5) is 25.0. The topological polar surface area (TPSA) is 79.5 Å². The predicted molar refractivity (Wildman–Crippen MR) is 91.4 cm³/mol. The molecule has 0 fully saturated rings. The van der Waals surface area contributed by atoms with Gasteiger partial charge in [-0.2, -0.15) is 0 Å². The molecule has 2 N–H and O–H groups in total. The van der Waals surface area contributed by atoms with Crippen molar-refractivity contribution in [2.75, 3.05) is 0 Å². The van der Waals surface area contributed by atoms with Gasteiger partial charge in [0.1, 0.15) is 5.70 Å². The highest BCUT2D eigenvalue weighted by atomic mass is 16.3. The molecule has 0 saturated carbocycles. The maximum atomic E-state index is 12.5. The van der Waals surface area contributed by atoms with Gasteiger partial charge in [0.15, 0.2) is 11.5 Å². The Morgan fingerprint density at radius 1 is 1.08 bits per heavy atom. The van der Waals surface area contributed by atoms with Gasteiger partial charge < -0.3 is 14.8 Å². The number of fused-ring (bicyclic) bond motifs is 1. The number of allylic oxidation sites excluding steroid dienone is 5. The summed E-state index contributed by atoms with van der Waals surface area (Å²) in [6.45, 7) is 5.22. The SMILES string of the molecule is C=C/C(C)=C/C1=C(O)C(=O)C(n2ccc3ccccc32)=C(O)C1=O. The summed E-state index contributed by atoms with van der Waals surface area (Å²) in [5.74, 6) is -2.99. The maximum absolute atomic E-state index is 12.5. The normalized spacial score (nSPS) is 16.3. The van der Waals surface area contributed by atoms with Gasteiger partial charge in [0.25, 0.3) is 0 Å². The number of aliphatic hydroxyl groups excluding tert-OH is 2. The zero-order valence-corrected chi connectivity index (χ0v) is 13.0. The Balaban J connectivity index is 2.20. The molecule has 0 spiro atoms. The van der Waals surface area contributed by atoms with Crippen LogP contribution in [-0.4, -0.2) is 26.3 Å². The Bertz CT molecular complexity index is 986. The van der Waals surface area contributed by atoms with E-state index in [0.29, 0.717) is 11.1 Å². The van der Waals surface area contributed by atoms with Gasteiger partial charge in [-0.05, 0) is 30.5 Å². The molecule has 3 rings (SSSR count). The van der Waals surface area contributed by atoms with Gasteiger partial charge >= 0.3 is 0 Å². The number of hydrogen-bond donors (Lipinski definition) is 2. The Kier molecular flexibility index (Phi) is 3.69. The average Bonchev–Trinajstić information content (AvgIpc) is 3.01. The van der Waals surface area contributed by atoms with Crippen LogP contribution in [0, 0.1) is 0 Å². The molecular formula is C19H15NO4. The minimum Gasteiger partial charge on any atom is -0.504 e. The number of aromatic nitrogens is 1. The minimum absolute atomic E-state index is 0.241. The van der Waals surface area contributed by atoms with Crippen LogP contribution in [0.1, 0.15) is 6.92 Å². The third-order valence-electron chi connectivity index (χ3n) is 3.90. The van der Waals surface area contributed by atoms with Crippen molar-refractivity contribution in [1.82, 2.24) is 4.57 Å². The first-order valence-electron chi connectivity index (χ1n) is 7.28. The molecule has 1 aromatic carbocycles. The molecule has 0 bridgehead atoms. The van der Waals surface area contributed by atoms with E-state index < -0.39 is 23.1 Å². The Hall–Kier alpha value is -3.34. The number of hydrogen-bond acceptors (Lipinski definition) is 4. The van der Waals surface area contributed by atoms with Crippen LogP contribution in [0.3, 0.4) is 0 Å². The molecule has 5 heteroatoms. The molecule has 0 atom stereocenters. The number of benzene rings is 1. The van der Waals surface area contributed by atoms with Crippen LogP contribution >= 0.6 is 0 Å². The second-order valence-electron chi connectivity index (χ2n) is 5.45. The number of rotatable bonds is 3. The third kappa shape index (κ3) is 2.27. The lowest BCUT2D eigenvalue weighted by Crippen LogP contribution is -2.25. The predicted octanol–water partition coefficient (Wildman–Crippen LogP) is 3.46. The quantitative estimate of drug-likeness (QED) is 0.670. The summed E-state index contributed by atoms with van der Waals surface area (Å²) in [7, 11) is 0. The minimum atomic E-state index is -0.809. The molecule has 0 aliphatic heterocycles. The largest absolute Gasteiger partial charge is 0.504 e.